The Kier molecular flexibility index (Phi) is 3.97. The van der Waals surface area contributed by atoms with Crippen molar-refractivity contribution in [1.29, 1.82) is 0 Å². The molecule has 0 aromatic heterocycles. The molecule has 2 unspecified atom stereocenters. The van der Waals surface area contributed by atoms with Gasteiger partial charge < -0.3 is 14.8 Å². The van der Waals surface area contributed by atoms with Crippen LogP contribution in [0.15, 0.2) is 18.2 Å². The molecule has 0 saturated heterocycles. The zero-order chi connectivity index (χ0) is 13.1. The van der Waals surface area contributed by atoms with Crippen molar-refractivity contribution in [3.05, 3.63) is 23.8 Å². The first-order chi connectivity index (χ1) is 8.61. The monoisotopic (exact) mass is 269 g/mol. The maximum absolute atomic E-state index is 12.0. The molecule has 0 saturated carbocycles. The van der Waals surface area contributed by atoms with Crippen LogP contribution in [-0.2, 0) is 0 Å². The van der Waals surface area contributed by atoms with Crippen LogP contribution in [0.2, 0.25) is 0 Å². The van der Waals surface area contributed by atoms with Gasteiger partial charge in [-0.05, 0) is 31.0 Å². The van der Waals surface area contributed by atoms with Gasteiger partial charge in [0.2, 0.25) is 6.79 Å². The van der Waals surface area contributed by atoms with Gasteiger partial charge in [-0.15, -0.1) is 11.6 Å². The van der Waals surface area contributed by atoms with Crippen LogP contribution in [0, 0.1) is 5.92 Å². The summed E-state index contributed by atoms with van der Waals surface area (Å²) in [6, 6.07) is 5.18. The summed E-state index contributed by atoms with van der Waals surface area (Å²) >= 11 is 5.77. The predicted molar refractivity (Wildman–Crippen MR) is 69.4 cm³/mol. The van der Waals surface area contributed by atoms with Crippen molar-refractivity contribution in [2.24, 2.45) is 5.92 Å². The molecule has 1 N–H and O–H groups in total. The van der Waals surface area contributed by atoms with Gasteiger partial charge in [-0.1, -0.05) is 6.92 Å². The van der Waals surface area contributed by atoms with E-state index in [0.717, 1.165) is 0 Å². The number of halogens is 1. The highest BCUT2D eigenvalue weighted by atomic mass is 35.5. The molecule has 0 spiro atoms. The number of fused-ring (bicyclic) bond motifs is 1. The van der Waals surface area contributed by atoms with E-state index < -0.39 is 0 Å². The third-order valence-electron chi connectivity index (χ3n) is 3.09. The number of nitrogens with one attached hydrogen (secondary N) is 1. The summed E-state index contributed by atoms with van der Waals surface area (Å²) in [6.07, 6.45) is 0. The SMILES string of the molecule is CC(CCl)C(C)NC(=O)c1ccc2c(c1)OCO2. The minimum atomic E-state index is -0.127. The molecular weight excluding hydrogens is 254 g/mol. The number of ether oxygens (including phenoxy) is 2. The minimum absolute atomic E-state index is 0.0282. The maximum Gasteiger partial charge on any atom is 0.251 e. The Bertz CT molecular complexity index is 450. The number of amides is 1. The first-order valence-electron chi connectivity index (χ1n) is 5.88. The average Bonchev–Trinajstić information content (AvgIpc) is 2.84. The van der Waals surface area contributed by atoms with Crippen LogP contribution in [0.3, 0.4) is 0 Å². The lowest BCUT2D eigenvalue weighted by Crippen LogP contribution is -2.37. The van der Waals surface area contributed by atoms with E-state index in [9.17, 15) is 4.79 Å². The van der Waals surface area contributed by atoms with Crippen LogP contribution in [0.1, 0.15) is 24.2 Å². The number of carbonyl (C=O) groups excluding carboxylic acids is 1. The number of alkyl halides is 1. The Labute approximate surface area is 111 Å². The first kappa shape index (κ1) is 13.0. The lowest BCUT2D eigenvalue weighted by Gasteiger charge is -2.19. The molecule has 1 aromatic rings. The van der Waals surface area contributed by atoms with Crippen LogP contribution in [0.4, 0.5) is 0 Å². The summed E-state index contributed by atoms with van der Waals surface area (Å²) in [5.74, 6) is 1.90. The standard InChI is InChI=1S/C13H16ClNO3/c1-8(6-14)9(2)15-13(16)10-3-4-11-12(5-10)18-7-17-11/h3-5,8-9H,6-7H2,1-2H3,(H,15,16). The molecule has 98 valence electrons. The van der Waals surface area contributed by atoms with Crippen molar-refractivity contribution in [2.75, 3.05) is 12.7 Å². The molecule has 0 fully saturated rings. The van der Waals surface area contributed by atoms with Gasteiger partial charge in [-0.2, -0.15) is 0 Å². The Hall–Kier alpha value is -1.42. The van der Waals surface area contributed by atoms with Crippen LogP contribution < -0.4 is 14.8 Å². The van der Waals surface area contributed by atoms with Gasteiger partial charge in [0.25, 0.3) is 5.91 Å². The fourth-order valence-electron chi connectivity index (χ4n) is 1.60. The quantitative estimate of drug-likeness (QED) is 0.854. The second-order valence-electron chi connectivity index (χ2n) is 4.46. The smallest absolute Gasteiger partial charge is 0.251 e. The van der Waals surface area contributed by atoms with E-state index in [1.807, 2.05) is 13.8 Å². The molecular formula is C13H16ClNO3. The van der Waals surface area contributed by atoms with Crippen molar-refractivity contribution in [1.82, 2.24) is 5.32 Å². The molecule has 4 nitrogen and oxygen atoms in total. The lowest BCUT2D eigenvalue weighted by molar-refractivity contribution is 0.0930. The third kappa shape index (κ3) is 2.70. The Morgan fingerprint density at radius 3 is 2.83 bits per heavy atom. The maximum atomic E-state index is 12.0. The van der Waals surface area contributed by atoms with Crippen molar-refractivity contribution in [3.63, 3.8) is 0 Å². The van der Waals surface area contributed by atoms with Crippen molar-refractivity contribution >= 4 is 17.5 Å². The molecule has 2 atom stereocenters. The summed E-state index contributed by atoms with van der Waals surface area (Å²) in [5.41, 5.74) is 0.563. The zero-order valence-electron chi connectivity index (χ0n) is 10.4. The Morgan fingerprint density at radius 2 is 2.11 bits per heavy atom. The number of carbonyl (C=O) groups is 1. The highest BCUT2D eigenvalue weighted by Gasteiger charge is 2.18. The fourth-order valence-corrected chi connectivity index (χ4v) is 1.87. The van der Waals surface area contributed by atoms with Crippen LogP contribution in [0.25, 0.3) is 0 Å². The van der Waals surface area contributed by atoms with Crippen LogP contribution in [0.5, 0.6) is 11.5 Å². The third-order valence-corrected chi connectivity index (χ3v) is 3.58. The summed E-state index contributed by atoms with van der Waals surface area (Å²) in [4.78, 5) is 12.0. The number of hydrogen-bond acceptors (Lipinski definition) is 3. The average molecular weight is 270 g/mol. The highest BCUT2D eigenvalue weighted by molar-refractivity contribution is 6.18. The van der Waals surface area contributed by atoms with E-state index in [4.69, 9.17) is 21.1 Å². The number of hydrogen-bond donors (Lipinski definition) is 1. The van der Waals surface area contributed by atoms with Crippen molar-refractivity contribution in [3.8, 4) is 11.5 Å². The minimum Gasteiger partial charge on any atom is -0.454 e. The molecule has 1 aliphatic heterocycles. The van der Waals surface area contributed by atoms with E-state index in [2.05, 4.69) is 5.32 Å². The van der Waals surface area contributed by atoms with E-state index in [1.54, 1.807) is 18.2 Å². The van der Waals surface area contributed by atoms with Crippen LogP contribution >= 0.6 is 11.6 Å². The van der Waals surface area contributed by atoms with Crippen molar-refractivity contribution in [2.45, 2.75) is 19.9 Å². The van der Waals surface area contributed by atoms with E-state index in [1.165, 1.54) is 0 Å². The molecule has 2 rings (SSSR count). The normalized spacial score (nSPS) is 16.2. The molecule has 18 heavy (non-hydrogen) atoms. The summed E-state index contributed by atoms with van der Waals surface area (Å²) < 4.78 is 10.4. The fraction of sp³-hybridized carbons (Fsp3) is 0.462. The lowest BCUT2D eigenvalue weighted by atomic mass is 10.1. The van der Waals surface area contributed by atoms with Gasteiger partial charge in [0.05, 0.1) is 0 Å². The molecule has 0 radical (unpaired) electrons. The largest absolute Gasteiger partial charge is 0.454 e. The summed E-state index contributed by atoms with van der Waals surface area (Å²) in [5, 5.41) is 2.92. The topological polar surface area (TPSA) is 47.6 Å². The van der Waals surface area contributed by atoms with E-state index >= 15 is 0 Å². The van der Waals surface area contributed by atoms with Gasteiger partial charge in [-0.25, -0.2) is 0 Å². The van der Waals surface area contributed by atoms with Gasteiger partial charge >= 0.3 is 0 Å². The molecule has 5 heteroatoms. The molecule has 1 aliphatic rings. The highest BCUT2D eigenvalue weighted by Crippen LogP contribution is 2.32. The van der Waals surface area contributed by atoms with E-state index in [-0.39, 0.29) is 24.7 Å². The second kappa shape index (κ2) is 5.48. The van der Waals surface area contributed by atoms with E-state index in [0.29, 0.717) is 22.9 Å². The first-order valence-corrected chi connectivity index (χ1v) is 6.41. The van der Waals surface area contributed by atoms with Gasteiger partial charge in [0.15, 0.2) is 11.5 Å². The summed E-state index contributed by atoms with van der Waals surface area (Å²) in [7, 11) is 0. The van der Waals surface area contributed by atoms with Crippen molar-refractivity contribution < 1.29 is 14.3 Å². The molecule has 1 aromatic carbocycles. The van der Waals surface area contributed by atoms with Gasteiger partial charge in [0, 0.05) is 17.5 Å². The van der Waals surface area contributed by atoms with Gasteiger partial charge in [-0.3, -0.25) is 4.79 Å². The molecule has 0 bridgehead atoms. The second-order valence-corrected chi connectivity index (χ2v) is 4.77. The molecule has 0 aliphatic carbocycles. The predicted octanol–water partition coefficient (Wildman–Crippen LogP) is 2.41. The number of rotatable bonds is 4. The zero-order valence-corrected chi connectivity index (χ0v) is 11.2. The molecule has 1 heterocycles. The van der Waals surface area contributed by atoms with Gasteiger partial charge in [0.1, 0.15) is 0 Å². The Morgan fingerprint density at radius 1 is 1.39 bits per heavy atom. The Balaban J connectivity index is 2.05. The number of benzene rings is 1. The van der Waals surface area contributed by atoms with Crippen LogP contribution in [-0.4, -0.2) is 24.6 Å². The molecule has 1 amide bonds. The summed E-state index contributed by atoms with van der Waals surface area (Å²) in [6.45, 7) is 4.15.